The zero-order valence-corrected chi connectivity index (χ0v) is 17.4. The summed E-state index contributed by atoms with van der Waals surface area (Å²) in [5.74, 6) is -1.20. The molecule has 3 aromatic carbocycles. The van der Waals surface area contributed by atoms with Gasteiger partial charge in [-0.15, -0.1) is 0 Å². The summed E-state index contributed by atoms with van der Waals surface area (Å²) in [5, 5.41) is 13.0. The van der Waals surface area contributed by atoms with Crippen LogP contribution in [0.25, 0.3) is 11.1 Å². The lowest BCUT2D eigenvalue weighted by Gasteiger charge is -2.16. The highest BCUT2D eigenvalue weighted by Gasteiger charge is 2.16. The topological polar surface area (TPSA) is 58.6 Å². The Bertz CT molecular complexity index is 1070. The van der Waals surface area contributed by atoms with E-state index in [-0.39, 0.29) is 5.56 Å². The first-order chi connectivity index (χ1) is 13.3. The number of halogens is 3. The van der Waals surface area contributed by atoms with Crippen molar-refractivity contribution in [1.82, 2.24) is 0 Å². The maximum absolute atomic E-state index is 14.9. The number of carboxylic acid groups (broad SMARTS) is 1. The summed E-state index contributed by atoms with van der Waals surface area (Å²) in [5.41, 5.74) is 2.55. The van der Waals surface area contributed by atoms with E-state index in [2.05, 4.69) is 21.2 Å². The number of methoxy groups -OCH3 is 1. The lowest BCUT2D eigenvalue weighted by molar-refractivity contribution is 0.0698. The molecule has 0 amide bonds. The number of aromatic carboxylic acids is 1. The van der Waals surface area contributed by atoms with Crippen LogP contribution in [0.1, 0.15) is 15.9 Å². The average Bonchev–Trinajstić information content (AvgIpc) is 2.65. The first-order valence-electron chi connectivity index (χ1n) is 8.24. The van der Waals surface area contributed by atoms with Crippen molar-refractivity contribution in [2.45, 2.75) is 6.92 Å². The summed E-state index contributed by atoms with van der Waals surface area (Å²) in [6.07, 6.45) is 0. The minimum Gasteiger partial charge on any atom is -0.495 e. The minimum absolute atomic E-state index is 0.0502. The van der Waals surface area contributed by atoms with Crippen LogP contribution in [0.5, 0.6) is 5.75 Å². The van der Waals surface area contributed by atoms with Crippen molar-refractivity contribution in [1.29, 1.82) is 0 Å². The molecule has 144 valence electrons. The Morgan fingerprint density at radius 1 is 1.14 bits per heavy atom. The summed E-state index contributed by atoms with van der Waals surface area (Å²) in [6.45, 7) is 1.85. The predicted molar refractivity (Wildman–Crippen MR) is 113 cm³/mol. The first-order valence-corrected chi connectivity index (χ1v) is 9.41. The molecule has 0 saturated heterocycles. The van der Waals surface area contributed by atoms with Crippen molar-refractivity contribution < 1.29 is 19.0 Å². The quantitative estimate of drug-likeness (QED) is 0.443. The van der Waals surface area contributed by atoms with Gasteiger partial charge in [-0.3, -0.25) is 0 Å². The average molecular weight is 465 g/mol. The number of hydrogen-bond donors (Lipinski definition) is 2. The molecule has 7 heteroatoms. The van der Waals surface area contributed by atoms with Crippen LogP contribution in [0.15, 0.2) is 53.0 Å². The number of rotatable bonds is 5. The van der Waals surface area contributed by atoms with E-state index in [4.69, 9.17) is 16.3 Å². The standard InChI is InChI=1S/C21H16BrClFNO3/c1-11-7-12(3-5-16(11)23)14-9-20(28-2)19(10-17(14)24)25-18-6-4-13(22)8-15(18)21(26)27/h3-10,25H,1-2H3,(H,26,27). The van der Waals surface area contributed by atoms with Gasteiger partial charge >= 0.3 is 5.97 Å². The van der Waals surface area contributed by atoms with Gasteiger partial charge in [0.1, 0.15) is 11.6 Å². The molecule has 0 bridgehead atoms. The number of nitrogens with one attached hydrogen (secondary N) is 1. The largest absolute Gasteiger partial charge is 0.495 e. The van der Waals surface area contributed by atoms with Gasteiger partial charge in [0.05, 0.1) is 24.0 Å². The molecule has 0 heterocycles. The molecular formula is C21H16BrClFNO3. The molecule has 0 spiro atoms. The second-order valence-electron chi connectivity index (χ2n) is 6.12. The van der Waals surface area contributed by atoms with Crippen LogP contribution in [0.2, 0.25) is 5.02 Å². The highest BCUT2D eigenvalue weighted by atomic mass is 79.9. The Kier molecular flexibility index (Phi) is 5.91. The molecule has 0 aromatic heterocycles. The van der Waals surface area contributed by atoms with Gasteiger partial charge in [-0.05, 0) is 54.4 Å². The van der Waals surface area contributed by atoms with E-state index < -0.39 is 11.8 Å². The highest BCUT2D eigenvalue weighted by Crippen LogP contribution is 2.37. The Labute approximate surface area is 175 Å². The number of aryl methyl sites for hydroxylation is 1. The molecule has 3 aromatic rings. The smallest absolute Gasteiger partial charge is 0.337 e. The van der Waals surface area contributed by atoms with E-state index >= 15 is 0 Å². The van der Waals surface area contributed by atoms with Gasteiger partial charge in [0.25, 0.3) is 0 Å². The third-order valence-electron chi connectivity index (χ3n) is 4.24. The van der Waals surface area contributed by atoms with Gasteiger partial charge < -0.3 is 15.2 Å². The van der Waals surface area contributed by atoms with Gasteiger partial charge in [-0.1, -0.05) is 33.6 Å². The van der Waals surface area contributed by atoms with Crippen molar-refractivity contribution in [2.75, 3.05) is 12.4 Å². The van der Waals surface area contributed by atoms with Crippen molar-refractivity contribution in [3.63, 3.8) is 0 Å². The Balaban J connectivity index is 2.05. The van der Waals surface area contributed by atoms with Crippen LogP contribution in [-0.2, 0) is 0 Å². The highest BCUT2D eigenvalue weighted by molar-refractivity contribution is 9.10. The SMILES string of the molecule is COc1cc(-c2ccc(Cl)c(C)c2)c(F)cc1Nc1ccc(Br)cc1C(=O)O. The van der Waals surface area contributed by atoms with Crippen LogP contribution < -0.4 is 10.1 Å². The van der Waals surface area contributed by atoms with Gasteiger partial charge in [0.2, 0.25) is 0 Å². The summed E-state index contributed by atoms with van der Waals surface area (Å²) in [7, 11) is 1.47. The van der Waals surface area contributed by atoms with E-state index in [0.29, 0.717) is 37.7 Å². The number of benzene rings is 3. The molecule has 0 fully saturated rings. The fourth-order valence-corrected chi connectivity index (χ4v) is 3.28. The van der Waals surface area contributed by atoms with Crippen molar-refractivity contribution in [2.24, 2.45) is 0 Å². The lowest BCUT2D eigenvalue weighted by Crippen LogP contribution is -2.04. The third-order valence-corrected chi connectivity index (χ3v) is 5.16. The van der Waals surface area contributed by atoms with Crippen molar-refractivity contribution in [3.05, 3.63) is 75.0 Å². The van der Waals surface area contributed by atoms with E-state index in [1.165, 1.54) is 19.2 Å². The molecule has 4 nitrogen and oxygen atoms in total. The van der Waals surface area contributed by atoms with Crippen LogP contribution in [-0.4, -0.2) is 18.2 Å². The zero-order valence-electron chi connectivity index (χ0n) is 15.0. The molecule has 0 aliphatic carbocycles. The normalized spacial score (nSPS) is 10.6. The molecular weight excluding hydrogens is 449 g/mol. The summed E-state index contributed by atoms with van der Waals surface area (Å²) >= 11 is 9.30. The maximum atomic E-state index is 14.9. The van der Waals surface area contributed by atoms with Crippen molar-refractivity contribution >= 4 is 44.9 Å². The number of carbonyl (C=O) groups is 1. The molecule has 3 rings (SSSR count). The lowest BCUT2D eigenvalue weighted by atomic mass is 10.0. The monoisotopic (exact) mass is 463 g/mol. The van der Waals surface area contributed by atoms with E-state index in [9.17, 15) is 14.3 Å². The number of ether oxygens (including phenoxy) is 1. The molecule has 0 saturated carbocycles. The Morgan fingerprint density at radius 3 is 2.54 bits per heavy atom. The molecule has 0 aliphatic heterocycles. The third kappa shape index (κ3) is 4.13. The molecule has 0 atom stereocenters. The Morgan fingerprint density at radius 2 is 1.89 bits per heavy atom. The Hall–Kier alpha value is -2.57. The van der Waals surface area contributed by atoms with Crippen LogP contribution in [0.4, 0.5) is 15.8 Å². The van der Waals surface area contributed by atoms with Gasteiger partial charge in [0, 0.05) is 21.1 Å². The van der Waals surface area contributed by atoms with Gasteiger partial charge in [0.15, 0.2) is 0 Å². The maximum Gasteiger partial charge on any atom is 0.337 e. The van der Waals surface area contributed by atoms with E-state index in [0.717, 1.165) is 5.56 Å². The van der Waals surface area contributed by atoms with Crippen LogP contribution >= 0.6 is 27.5 Å². The molecule has 0 unspecified atom stereocenters. The molecule has 28 heavy (non-hydrogen) atoms. The van der Waals surface area contributed by atoms with E-state index in [1.807, 2.05) is 6.92 Å². The summed E-state index contributed by atoms with van der Waals surface area (Å²) in [4.78, 5) is 11.5. The second kappa shape index (κ2) is 8.20. The number of anilines is 2. The molecule has 0 radical (unpaired) electrons. The van der Waals surface area contributed by atoms with Crippen molar-refractivity contribution in [3.8, 4) is 16.9 Å². The predicted octanol–water partition coefficient (Wildman–Crippen LogP) is 6.67. The fraction of sp³-hybridized carbons (Fsp3) is 0.0952. The number of hydrogen-bond acceptors (Lipinski definition) is 3. The van der Waals surface area contributed by atoms with Gasteiger partial charge in [-0.2, -0.15) is 0 Å². The van der Waals surface area contributed by atoms with Gasteiger partial charge in [-0.25, -0.2) is 9.18 Å². The number of carboxylic acids is 1. The minimum atomic E-state index is -1.10. The molecule has 0 aliphatic rings. The fourth-order valence-electron chi connectivity index (χ4n) is 2.80. The molecule has 2 N–H and O–H groups in total. The summed E-state index contributed by atoms with van der Waals surface area (Å²) < 4.78 is 20.9. The first kappa shape index (κ1) is 20.2. The second-order valence-corrected chi connectivity index (χ2v) is 7.44. The van der Waals surface area contributed by atoms with Crippen LogP contribution in [0, 0.1) is 12.7 Å². The summed E-state index contributed by atoms with van der Waals surface area (Å²) in [6, 6.07) is 12.9. The van der Waals surface area contributed by atoms with E-state index in [1.54, 1.807) is 36.4 Å². The zero-order chi connectivity index (χ0) is 20.4. The van der Waals surface area contributed by atoms with Crippen LogP contribution in [0.3, 0.4) is 0 Å².